The minimum atomic E-state index is -0.787. The van der Waals surface area contributed by atoms with Gasteiger partial charge in [0.25, 0.3) is 11.8 Å². The summed E-state index contributed by atoms with van der Waals surface area (Å²) in [6, 6.07) is 7.87. The lowest BCUT2D eigenvalue weighted by Gasteiger charge is -2.27. The molecule has 0 aromatic heterocycles. The summed E-state index contributed by atoms with van der Waals surface area (Å²) in [5, 5.41) is 2.22. The number of aryl methyl sites for hydroxylation is 2. The molecule has 1 saturated heterocycles. The van der Waals surface area contributed by atoms with Gasteiger partial charge in [0.05, 0.1) is 24.4 Å². The molecule has 1 N–H and O–H groups in total. The van der Waals surface area contributed by atoms with Crippen molar-refractivity contribution in [2.24, 2.45) is 0 Å². The zero-order chi connectivity index (χ0) is 21.3. The molecule has 1 aliphatic heterocycles. The number of nitrogens with zero attached hydrogens (tertiary/aromatic N) is 1. The van der Waals surface area contributed by atoms with Crippen LogP contribution in [0.5, 0.6) is 11.5 Å². The van der Waals surface area contributed by atoms with Gasteiger partial charge in [-0.25, -0.2) is 9.69 Å². The number of anilines is 1. The normalized spacial score (nSPS) is 15.6. The van der Waals surface area contributed by atoms with Gasteiger partial charge in [-0.1, -0.05) is 6.07 Å². The van der Waals surface area contributed by atoms with Crippen molar-refractivity contribution in [2.75, 3.05) is 19.1 Å². The van der Waals surface area contributed by atoms with Crippen molar-refractivity contribution in [3.05, 3.63) is 57.1 Å². The van der Waals surface area contributed by atoms with Gasteiger partial charge in [-0.05, 0) is 65.2 Å². The predicted octanol–water partition coefficient (Wildman–Crippen LogP) is 3.75. The molecule has 0 spiro atoms. The van der Waals surface area contributed by atoms with Gasteiger partial charge in [0.15, 0.2) is 0 Å². The fourth-order valence-corrected chi connectivity index (χ4v) is 3.65. The molecule has 1 aliphatic rings. The topological polar surface area (TPSA) is 84.9 Å². The molecule has 4 amide bonds. The zero-order valence-electron chi connectivity index (χ0n) is 16.3. The highest BCUT2D eigenvalue weighted by molar-refractivity contribution is 9.10. The first-order chi connectivity index (χ1) is 13.7. The van der Waals surface area contributed by atoms with Crippen LogP contribution in [-0.4, -0.2) is 32.1 Å². The van der Waals surface area contributed by atoms with E-state index in [0.717, 1.165) is 16.0 Å². The molecule has 0 radical (unpaired) electrons. The lowest BCUT2D eigenvalue weighted by molar-refractivity contribution is -0.122. The first kappa shape index (κ1) is 20.6. The number of urea groups is 1. The number of halogens is 1. The number of ether oxygens (including phenoxy) is 2. The molecule has 7 nitrogen and oxygen atoms in total. The molecule has 0 bridgehead atoms. The standard InChI is InChI=1S/C21H19BrN2O5/c1-11-5-12(2)7-14(6-11)24-20(26)15(19(25)23-21(24)27)8-13-9-16(22)18(29-4)10-17(13)28-3/h5-10H,1-4H3,(H,23,25,27)/b15-8+. The van der Waals surface area contributed by atoms with Crippen LogP contribution in [0.1, 0.15) is 16.7 Å². The molecule has 0 atom stereocenters. The summed E-state index contributed by atoms with van der Waals surface area (Å²) in [6.07, 6.45) is 1.39. The van der Waals surface area contributed by atoms with Crippen LogP contribution in [0.2, 0.25) is 0 Å². The summed E-state index contributed by atoms with van der Waals surface area (Å²) in [7, 11) is 2.99. The largest absolute Gasteiger partial charge is 0.496 e. The Kier molecular flexibility index (Phi) is 5.74. The van der Waals surface area contributed by atoms with Crippen LogP contribution >= 0.6 is 15.9 Å². The minimum absolute atomic E-state index is 0.181. The molecule has 8 heteroatoms. The number of nitrogens with one attached hydrogen (secondary N) is 1. The fraction of sp³-hybridized carbons (Fsp3) is 0.190. The Bertz CT molecular complexity index is 1040. The van der Waals surface area contributed by atoms with Crippen molar-refractivity contribution in [1.29, 1.82) is 0 Å². The average molecular weight is 459 g/mol. The number of imide groups is 2. The number of carbonyl (C=O) groups excluding carboxylic acids is 3. The van der Waals surface area contributed by atoms with Crippen molar-refractivity contribution >= 4 is 45.5 Å². The smallest absolute Gasteiger partial charge is 0.335 e. The molecule has 150 valence electrons. The van der Waals surface area contributed by atoms with E-state index in [1.807, 2.05) is 19.9 Å². The number of hydrogen-bond donors (Lipinski definition) is 1. The highest BCUT2D eigenvalue weighted by Gasteiger charge is 2.37. The molecule has 2 aromatic rings. The van der Waals surface area contributed by atoms with Crippen LogP contribution < -0.4 is 19.7 Å². The van der Waals surface area contributed by atoms with Crippen LogP contribution in [0.15, 0.2) is 40.4 Å². The molecule has 1 fully saturated rings. The maximum atomic E-state index is 13.1. The van der Waals surface area contributed by atoms with E-state index < -0.39 is 17.8 Å². The third kappa shape index (κ3) is 4.02. The van der Waals surface area contributed by atoms with Gasteiger partial charge in [-0.2, -0.15) is 0 Å². The number of methoxy groups -OCH3 is 2. The predicted molar refractivity (Wildman–Crippen MR) is 112 cm³/mol. The number of hydrogen-bond acceptors (Lipinski definition) is 5. The van der Waals surface area contributed by atoms with E-state index in [1.165, 1.54) is 20.3 Å². The first-order valence-corrected chi connectivity index (χ1v) is 9.45. The lowest BCUT2D eigenvalue weighted by Crippen LogP contribution is -2.54. The molecular formula is C21H19BrN2O5. The second-order valence-corrected chi connectivity index (χ2v) is 7.39. The summed E-state index contributed by atoms with van der Waals surface area (Å²) < 4.78 is 11.2. The lowest BCUT2D eigenvalue weighted by atomic mass is 10.0. The molecule has 1 heterocycles. The molecule has 29 heavy (non-hydrogen) atoms. The second-order valence-electron chi connectivity index (χ2n) is 6.53. The maximum absolute atomic E-state index is 13.1. The zero-order valence-corrected chi connectivity index (χ0v) is 17.9. The number of carbonyl (C=O) groups is 3. The Balaban J connectivity index is 2.10. The average Bonchev–Trinajstić information content (AvgIpc) is 2.64. The Morgan fingerprint density at radius 2 is 1.55 bits per heavy atom. The van der Waals surface area contributed by atoms with E-state index in [4.69, 9.17) is 9.47 Å². The van der Waals surface area contributed by atoms with E-state index in [2.05, 4.69) is 21.2 Å². The molecule has 0 saturated carbocycles. The molecule has 2 aromatic carbocycles. The third-order valence-electron chi connectivity index (χ3n) is 4.37. The SMILES string of the molecule is COc1cc(OC)c(/C=C2\C(=O)NC(=O)N(c3cc(C)cc(C)c3)C2=O)cc1Br. The first-order valence-electron chi connectivity index (χ1n) is 8.66. The van der Waals surface area contributed by atoms with Gasteiger partial charge in [0.2, 0.25) is 0 Å². The Hall–Kier alpha value is -3.13. The van der Waals surface area contributed by atoms with Crippen LogP contribution in [0.4, 0.5) is 10.5 Å². The van der Waals surface area contributed by atoms with Crippen molar-refractivity contribution in [2.45, 2.75) is 13.8 Å². The van der Waals surface area contributed by atoms with Crippen molar-refractivity contribution in [3.63, 3.8) is 0 Å². The highest BCUT2D eigenvalue weighted by atomic mass is 79.9. The van der Waals surface area contributed by atoms with Gasteiger partial charge >= 0.3 is 6.03 Å². The summed E-state index contributed by atoms with van der Waals surface area (Å²) in [6.45, 7) is 3.73. The molecule has 0 unspecified atom stereocenters. The van der Waals surface area contributed by atoms with Gasteiger partial charge < -0.3 is 9.47 Å². The van der Waals surface area contributed by atoms with Gasteiger partial charge in [0, 0.05) is 11.6 Å². The number of barbiturate groups is 1. The van der Waals surface area contributed by atoms with Gasteiger partial charge in [-0.3, -0.25) is 14.9 Å². The monoisotopic (exact) mass is 458 g/mol. The number of rotatable bonds is 4. The van der Waals surface area contributed by atoms with Gasteiger partial charge in [-0.15, -0.1) is 0 Å². The summed E-state index contributed by atoms with van der Waals surface area (Å²) in [5.74, 6) is -0.532. The Labute approximate surface area is 176 Å². The second kappa shape index (κ2) is 8.08. The Morgan fingerprint density at radius 3 is 2.14 bits per heavy atom. The third-order valence-corrected chi connectivity index (χ3v) is 4.99. The quantitative estimate of drug-likeness (QED) is 0.556. The summed E-state index contributed by atoms with van der Waals surface area (Å²) in [5.41, 5.74) is 2.48. The van der Waals surface area contributed by atoms with E-state index in [-0.39, 0.29) is 5.57 Å². The summed E-state index contributed by atoms with van der Waals surface area (Å²) in [4.78, 5) is 38.8. The van der Waals surface area contributed by atoms with E-state index in [0.29, 0.717) is 27.2 Å². The Morgan fingerprint density at radius 1 is 0.931 bits per heavy atom. The maximum Gasteiger partial charge on any atom is 0.335 e. The molecular weight excluding hydrogens is 440 g/mol. The van der Waals surface area contributed by atoms with Crippen molar-refractivity contribution in [1.82, 2.24) is 5.32 Å². The summed E-state index contributed by atoms with van der Waals surface area (Å²) >= 11 is 3.38. The van der Waals surface area contributed by atoms with Crippen LogP contribution in [-0.2, 0) is 9.59 Å². The highest BCUT2D eigenvalue weighted by Crippen LogP contribution is 2.34. The van der Waals surface area contributed by atoms with E-state index in [9.17, 15) is 14.4 Å². The van der Waals surface area contributed by atoms with Crippen LogP contribution in [0.3, 0.4) is 0 Å². The van der Waals surface area contributed by atoms with E-state index in [1.54, 1.807) is 24.3 Å². The number of benzene rings is 2. The van der Waals surface area contributed by atoms with Crippen molar-refractivity contribution < 1.29 is 23.9 Å². The van der Waals surface area contributed by atoms with Crippen LogP contribution in [0, 0.1) is 13.8 Å². The fourth-order valence-electron chi connectivity index (χ4n) is 3.12. The molecule has 0 aliphatic carbocycles. The number of amides is 4. The van der Waals surface area contributed by atoms with Crippen molar-refractivity contribution in [3.8, 4) is 11.5 Å². The van der Waals surface area contributed by atoms with Crippen LogP contribution in [0.25, 0.3) is 6.08 Å². The van der Waals surface area contributed by atoms with Gasteiger partial charge in [0.1, 0.15) is 17.1 Å². The minimum Gasteiger partial charge on any atom is -0.496 e. The molecule has 3 rings (SSSR count). The van der Waals surface area contributed by atoms with E-state index >= 15 is 0 Å².